The zero-order valence-electron chi connectivity index (χ0n) is 15.2. The Hall–Kier alpha value is -1.29. The molecular weight excluding hydrogens is 354 g/mol. The lowest BCUT2D eigenvalue weighted by molar-refractivity contribution is 0.0546. The van der Waals surface area contributed by atoms with Crippen molar-refractivity contribution < 1.29 is 13.5 Å². The highest BCUT2D eigenvalue weighted by molar-refractivity contribution is 7.88. The third kappa shape index (κ3) is 3.71. The van der Waals surface area contributed by atoms with E-state index in [0.29, 0.717) is 25.4 Å². The summed E-state index contributed by atoms with van der Waals surface area (Å²) in [6.07, 6.45) is 5.01. The molecule has 1 aromatic heterocycles. The fourth-order valence-electron chi connectivity index (χ4n) is 4.11. The van der Waals surface area contributed by atoms with Crippen molar-refractivity contribution in [2.45, 2.75) is 31.3 Å². The molecule has 0 aromatic carbocycles. The van der Waals surface area contributed by atoms with Crippen LogP contribution in [-0.4, -0.2) is 79.2 Å². The maximum atomic E-state index is 11.6. The summed E-state index contributed by atoms with van der Waals surface area (Å²) in [6.45, 7) is 3.69. The van der Waals surface area contributed by atoms with Crippen LogP contribution in [0.4, 0.5) is 5.82 Å². The molecule has 0 amide bonds. The van der Waals surface area contributed by atoms with Gasteiger partial charge in [-0.05, 0) is 37.3 Å². The van der Waals surface area contributed by atoms with Crippen molar-refractivity contribution >= 4 is 15.8 Å². The Balaban J connectivity index is 1.21. The molecule has 26 heavy (non-hydrogen) atoms. The molecule has 2 aliphatic heterocycles. The number of aromatic nitrogens is 2. The zero-order chi connectivity index (χ0) is 18.4. The van der Waals surface area contributed by atoms with Crippen molar-refractivity contribution in [2.75, 3.05) is 50.4 Å². The van der Waals surface area contributed by atoms with E-state index >= 15 is 0 Å². The number of rotatable bonds is 6. The summed E-state index contributed by atoms with van der Waals surface area (Å²) in [5, 5.41) is 22.6. The number of sulfonamides is 1. The Morgan fingerprint density at radius 3 is 2.88 bits per heavy atom. The number of hydrogen-bond donors (Lipinski definition) is 2. The first-order valence-corrected chi connectivity index (χ1v) is 11.2. The molecule has 1 unspecified atom stereocenters. The summed E-state index contributed by atoms with van der Waals surface area (Å²) >= 11 is 0. The minimum atomic E-state index is -3.22. The molecule has 144 valence electrons. The maximum Gasteiger partial charge on any atom is 0.211 e. The standard InChI is InChI=1S/C17H27N5O3S/c1-26(24,25)22-6-5-17(23,12-22)11-18-8-13-9-21(10-13)16-7-14-3-2-4-15(14)19-20-16/h7,13,18,23H,2-6,8-12H2,1H3. The quantitative estimate of drug-likeness (QED) is 0.678. The highest BCUT2D eigenvalue weighted by Crippen LogP contribution is 2.27. The number of nitrogens with one attached hydrogen (secondary N) is 1. The van der Waals surface area contributed by atoms with E-state index in [1.54, 1.807) is 0 Å². The molecule has 2 saturated heterocycles. The lowest BCUT2D eigenvalue weighted by atomic mass is 9.98. The van der Waals surface area contributed by atoms with Crippen molar-refractivity contribution in [2.24, 2.45) is 5.92 Å². The topological polar surface area (TPSA) is 98.7 Å². The maximum absolute atomic E-state index is 11.6. The molecule has 8 nitrogen and oxygen atoms in total. The van der Waals surface area contributed by atoms with Crippen LogP contribution in [0.15, 0.2) is 6.07 Å². The first-order chi connectivity index (χ1) is 12.3. The van der Waals surface area contributed by atoms with Crippen LogP contribution in [0.5, 0.6) is 0 Å². The highest BCUT2D eigenvalue weighted by atomic mass is 32.2. The normalized spacial score (nSPS) is 26.9. The fourth-order valence-corrected chi connectivity index (χ4v) is 5.01. The second-order valence-corrected chi connectivity index (χ2v) is 9.98. The van der Waals surface area contributed by atoms with Gasteiger partial charge in [0.1, 0.15) is 0 Å². The molecule has 3 heterocycles. The average molecular weight is 382 g/mol. The van der Waals surface area contributed by atoms with Gasteiger partial charge in [0.25, 0.3) is 0 Å². The molecule has 9 heteroatoms. The van der Waals surface area contributed by atoms with Crippen LogP contribution >= 0.6 is 0 Å². The van der Waals surface area contributed by atoms with Gasteiger partial charge >= 0.3 is 0 Å². The molecule has 2 N–H and O–H groups in total. The Labute approximate surface area is 154 Å². The first kappa shape index (κ1) is 18.1. The van der Waals surface area contributed by atoms with Crippen LogP contribution in [0.25, 0.3) is 0 Å². The number of hydrogen-bond acceptors (Lipinski definition) is 7. The average Bonchev–Trinajstić information content (AvgIpc) is 3.15. The van der Waals surface area contributed by atoms with E-state index in [9.17, 15) is 13.5 Å². The lowest BCUT2D eigenvalue weighted by Gasteiger charge is -2.40. The van der Waals surface area contributed by atoms with E-state index < -0.39 is 15.6 Å². The van der Waals surface area contributed by atoms with E-state index in [2.05, 4.69) is 26.5 Å². The predicted octanol–water partition coefficient (Wildman–Crippen LogP) is -0.612. The van der Waals surface area contributed by atoms with Crippen LogP contribution < -0.4 is 10.2 Å². The second-order valence-electron chi connectivity index (χ2n) is 8.00. The summed E-state index contributed by atoms with van der Waals surface area (Å²) in [4.78, 5) is 2.24. The number of β-amino-alcohol motifs (C(OH)–C–C–N with tert-alkyl or cyclic N) is 1. The van der Waals surface area contributed by atoms with Gasteiger partial charge in [-0.15, -0.1) is 5.10 Å². The van der Waals surface area contributed by atoms with Crippen molar-refractivity contribution in [3.8, 4) is 0 Å². The Morgan fingerprint density at radius 2 is 2.15 bits per heavy atom. The van der Waals surface area contributed by atoms with E-state index in [-0.39, 0.29) is 6.54 Å². The zero-order valence-corrected chi connectivity index (χ0v) is 16.0. The summed E-state index contributed by atoms with van der Waals surface area (Å²) < 4.78 is 24.5. The summed E-state index contributed by atoms with van der Waals surface area (Å²) in [7, 11) is -3.22. The SMILES string of the molecule is CS(=O)(=O)N1CCC(O)(CNCC2CN(c3cc4c(nn3)CCC4)C2)C1. The smallest absolute Gasteiger partial charge is 0.211 e. The van der Waals surface area contributed by atoms with Gasteiger partial charge in [0, 0.05) is 45.2 Å². The monoisotopic (exact) mass is 381 g/mol. The predicted molar refractivity (Wildman–Crippen MR) is 98.6 cm³/mol. The van der Waals surface area contributed by atoms with Gasteiger partial charge in [0.05, 0.1) is 17.6 Å². The van der Waals surface area contributed by atoms with Crippen LogP contribution in [0.1, 0.15) is 24.1 Å². The number of nitrogens with zero attached hydrogens (tertiary/aromatic N) is 4. The number of anilines is 1. The number of aryl methyl sites for hydroxylation is 2. The van der Waals surface area contributed by atoms with E-state index in [1.165, 1.54) is 22.5 Å². The number of fused-ring (bicyclic) bond motifs is 1. The lowest BCUT2D eigenvalue weighted by Crippen LogP contribution is -2.53. The van der Waals surface area contributed by atoms with Crippen molar-refractivity contribution in [1.82, 2.24) is 19.8 Å². The molecule has 1 aliphatic carbocycles. The molecule has 0 radical (unpaired) electrons. The fraction of sp³-hybridized carbons (Fsp3) is 0.765. The summed E-state index contributed by atoms with van der Waals surface area (Å²) in [5.41, 5.74) is 1.54. The van der Waals surface area contributed by atoms with Gasteiger partial charge in [-0.1, -0.05) is 0 Å². The minimum absolute atomic E-state index is 0.181. The minimum Gasteiger partial charge on any atom is -0.387 e. The number of aliphatic hydroxyl groups is 1. The van der Waals surface area contributed by atoms with Crippen molar-refractivity contribution in [1.29, 1.82) is 0 Å². The van der Waals surface area contributed by atoms with Crippen LogP contribution in [0.3, 0.4) is 0 Å². The van der Waals surface area contributed by atoms with Gasteiger partial charge in [0.15, 0.2) is 5.82 Å². The summed E-state index contributed by atoms with van der Waals surface area (Å²) in [6, 6.07) is 2.18. The van der Waals surface area contributed by atoms with Gasteiger partial charge in [-0.25, -0.2) is 8.42 Å². The molecule has 1 atom stereocenters. The summed E-state index contributed by atoms with van der Waals surface area (Å²) in [5.74, 6) is 1.49. The molecule has 0 bridgehead atoms. The molecule has 1 aromatic rings. The Morgan fingerprint density at radius 1 is 1.35 bits per heavy atom. The molecule has 3 aliphatic rings. The largest absolute Gasteiger partial charge is 0.387 e. The van der Waals surface area contributed by atoms with E-state index in [0.717, 1.165) is 44.0 Å². The van der Waals surface area contributed by atoms with Crippen LogP contribution in [0.2, 0.25) is 0 Å². The molecule has 2 fully saturated rings. The Kier molecular flexibility index (Phi) is 4.66. The Bertz CT molecular complexity index is 781. The van der Waals surface area contributed by atoms with Crippen LogP contribution in [0, 0.1) is 5.92 Å². The first-order valence-electron chi connectivity index (χ1n) is 9.31. The highest BCUT2D eigenvalue weighted by Gasteiger charge is 2.39. The van der Waals surface area contributed by atoms with E-state index in [1.807, 2.05) is 0 Å². The van der Waals surface area contributed by atoms with Crippen LogP contribution in [-0.2, 0) is 22.9 Å². The third-order valence-corrected chi connectivity index (χ3v) is 6.99. The van der Waals surface area contributed by atoms with Gasteiger partial charge < -0.3 is 15.3 Å². The third-order valence-electron chi connectivity index (χ3n) is 5.74. The molecule has 4 rings (SSSR count). The molecule has 0 saturated carbocycles. The van der Waals surface area contributed by atoms with Gasteiger partial charge in [0.2, 0.25) is 10.0 Å². The molecular formula is C17H27N5O3S. The van der Waals surface area contributed by atoms with Crippen molar-refractivity contribution in [3.05, 3.63) is 17.3 Å². The van der Waals surface area contributed by atoms with Crippen molar-refractivity contribution in [3.63, 3.8) is 0 Å². The molecule has 0 spiro atoms. The van der Waals surface area contributed by atoms with Gasteiger partial charge in [-0.2, -0.15) is 9.40 Å². The van der Waals surface area contributed by atoms with E-state index in [4.69, 9.17) is 0 Å². The second kappa shape index (κ2) is 6.70. The van der Waals surface area contributed by atoms with Gasteiger partial charge in [-0.3, -0.25) is 0 Å².